The number of ether oxygens (including phenoxy) is 1. The molecule has 0 amide bonds. The minimum Gasteiger partial charge on any atom is -0.462 e. The van der Waals surface area contributed by atoms with Gasteiger partial charge in [0.1, 0.15) is 18.1 Å². The van der Waals surface area contributed by atoms with Gasteiger partial charge in [0.25, 0.3) is 0 Å². The molecule has 1 aromatic heterocycles. The predicted molar refractivity (Wildman–Crippen MR) is 48.2 cm³/mol. The molecule has 0 atom stereocenters. The van der Waals surface area contributed by atoms with E-state index in [2.05, 4.69) is 5.32 Å². The summed E-state index contributed by atoms with van der Waals surface area (Å²) in [6.45, 7) is 2.11. The van der Waals surface area contributed by atoms with Crippen LogP contribution in [-0.2, 0) is 17.9 Å². The Morgan fingerprint density at radius 3 is 2.85 bits per heavy atom. The van der Waals surface area contributed by atoms with Crippen molar-refractivity contribution in [1.29, 1.82) is 0 Å². The predicted octanol–water partition coefficient (Wildman–Crippen LogP) is 0.508. The highest BCUT2D eigenvalue weighted by Gasteiger charge is 1.99. The van der Waals surface area contributed by atoms with E-state index in [1.165, 1.54) is 0 Å². The fraction of sp³-hybridized carbons (Fsp3) is 0.556. The smallest absolute Gasteiger partial charge is 0.129 e. The lowest BCUT2D eigenvalue weighted by atomic mass is 10.4. The number of hydrogen-bond acceptors (Lipinski definition) is 4. The first kappa shape index (κ1) is 10.2. The Kier molecular flexibility index (Phi) is 4.53. The largest absolute Gasteiger partial charge is 0.462 e. The number of aliphatic hydroxyl groups excluding tert-OH is 1. The van der Waals surface area contributed by atoms with Gasteiger partial charge in [-0.1, -0.05) is 0 Å². The van der Waals surface area contributed by atoms with Crippen LogP contribution in [0.15, 0.2) is 16.5 Å². The van der Waals surface area contributed by atoms with Crippen LogP contribution in [0.4, 0.5) is 0 Å². The summed E-state index contributed by atoms with van der Waals surface area (Å²) >= 11 is 0. The Balaban J connectivity index is 2.20. The van der Waals surface area contributed by atoms with E-state index in [0.717, 1.165) is 12.3 Å². The van der Waals surface area contributed by atoms with Crippen molar-refractivity contribution in [3.8, 4) is 0 Å². The molecule has 0 saturated carbocycles. The van der Waals surface area contributed by atoms with Gasteiger partial charge < -0.3 is 19.6 Å². The highest BCUT2D eigenvalue weighted by atomic mass is 16.5. The van der Waals surface area contributed by atoms with Crippen LogP contribution in [0.2, 0.25) is 0 Å². The number of furan rings is 1. The molecule has 0 aliphatic heterocycles. The van der Waals surface area contributed by atoms with Crippen molar-refractivity contribution in [2.45, 2.75) is 13.2 Å². The standard InChI is InChI=1S/C9H15NO3/c1-12-5-4-10-6-8-2-3-9(7-11)13-8/h2-3,10-11H,4-7H2,1H3. The van der Waals surface area contributed by atoms with E-state index in [0.29, 0.717) is 18.9 Å². The van der Waals surface area contributed by atoms with Crippen LogP contribution >= 0.6 is 0 Å². The van der Waals surface area contributed by atoms with Crippen molar-refractivity contribution in [3.63, 3.8) is 0 Å². The van der Waals surface area contributed by atoms with E-state index in [1.807, 2.05) is 6.07 Å². The Bertz CT molecular complexity index is 235. The molecule has 0 aliphatic rings. The van der Waals surface area contributed by atoms with Gasteiger partial charge in [0.15, 0.2) is 0 Å². The molecule has 1 rings (SSSR count). The number of methoxy groups -OCH3 is 1. The summed E-state index contributed by atoms with van der Waals surface area (Å²) < 4.78 is 10.1. The van der Waals surface area contributed by atoms with E-state index in [9.17, 15) is 0 Å². The van der Waals surface area contributed by atoms with Crippen molar-refractivity contribution in [1.82, 2.24) is 5.32 Å². The lowest BCUT2D eigenvalue weighted by Crippen LogP contribution is -2.18. The quantitative estimate of drug-likeness (QED) is 0.634. The second-order valence-electron chi connectivity index (χ2n) is 2.70. The van der Waals surface area contributed by atoms with Gasteiger partial charge in [-0.2, -0.15) is 0 Å². The zero-order valence-corrected chi connectivity index (χ0v) is 7.75. The van der Waals surface area contributed by atoms with Gasteiger partial charge in [0, 0.05) is 13.7 Å². The van der Waals surface area contributed by atoms with Crippen molar-refractivity contribution < 1.29 is 14.3 Å². The molecule has 1 heterocycles. The minimum absolute atomic E-state index is 0.0436. The second-order valence-corrected chi connectivity index (χ2v) is 2.70. The van der Waals surface area contributed by atoms with Gasteiger partial charge in [0.05, 0.1) is 13.2 Å². The van der Waals surface area contributed by atoms with Gasteiger partial charge in [-0.25, -0.2) is 0 Å². The third kappa shape index (κ3) is 3.59. The molecule has 0 unspecified atom stereocenters. The van der Waals surface area contributed by atoms with Crippen LogP contribution < -0.4 is 5.32 Å². The summed E-state index contributed by atoms with van der Waals surface area (Å²) in [6.07, 6.45) is 0. The monoisotopic (exact) mass is 185 g/mol. The molecular formula is C9H15NO3. The van der Waals surface area contributed by atoms with Crippen LogP contribution in [-0.4, -0.2) is 25.4 Å². The van der Waals surface area contributed by atoms with Gasteiger partial charge in [-0.05, 0) is 12.1 Å². The van der Waals surface area contributed by atoms with Crippen LogP contribution in [0.25, 0.3) is 0 Å². The second kappa shape index (κ2) is 5.75. The maximum Gasteiger partial charge on any atom is 0.129 e. The van der Waals surface area contributed by atoms with Crippen molar-refractivity contribution >= 4 is 0 Å². The highest BCUT2D eigenvalue weighted by molar-refractivity contribution is 5.05. The lowest BCUT2D eigenvalue weighted by molar-refractivity contribution is 0.197. The van der Waals surface area contributed by atoms with Gasteiger partial charge >= 0.3 is 0 Å². The molecule has 0 bridgehead atoms. The first-order chi connectivity index (χ1) is 6.36. The molecule has 0 spiro atoms. The molecular weight excluding hydrogens is 170 g/mol. The average Bonchev–Trinajstić information content (AvgIpc) is 2.60. The SMILES string of the molecule is COCCNCc1ccc(CO)o1. The van der Waals surface area contributed by atoms with E-state index in [4.69, 9.17) is 14.3 Å². The van der Waals surface area contributed by atoms with Crippen LogP contribution in [0.3, 0.4) is 0 Å². The third-order valence-electron chi connectivity index (χ3n) is 1.66. The lowest BCUT2D eigenvalue weighted by Gasteiger charge is -2.00. The average molecular weight is 185 g/mol. The maximum atomic E-state index is 8.73. The molecule has 0 aromatic carbocycles. The summed E-state index contributed by atoms with van der Waals surface area (Å²) in [5.41, 5.74) is 0. The molecule has 4 nitrogen and oxygen atoms in total. The topological polar surface area (TPSA) is 54.6 Å². The molecule has 0 aliphatic carbocycles. The van der Waals surface area contributed by atoms with Crippen LogP contribution in [0, 0.1) is 0 Å². The fourth-order valence-corrected chi connectivity index (χ4v) is 0.988. The van der Waals surface area contributed by atoms with Crippen LogP contribution in [0.5, 0.6) is 0 Å². The Morgan fingerprint density at radius 2 is 2.23 bits per heavy atom. The Morgan fingerprint density at radius 1 is 1.46 bits per heavy atom. The Labute approximate surface area is 77.5 Å². The fourth-order valence-electron chi connectivity index (χ4n) is 0.988. The van der Waals surface area contributed by atoms with Gasteiger partial charge in [-0.3, -0.25) is 0 Å². The first-order valence-electron chi connectivity index (χ1n) is 4.25. The molecule has 0 fully saturated rings. The normalized spacial score (nSPS) is 10.6. The van der Waals surface area contributed by atoms with E-state index in [1.54, 1.807) is 13.2 Å². The zero-order valence-electron chi connectivity index (χ0n) is 7.75. The van der Waals surface area contributed by atoms with E-state index in [-0.39, 0.29) is 6.61 Å². The molecule has 0 saturated heterocycles. The number of rotatable bonds is 6. The molecule has 1 aromatic rings. The molecule has 13 heavy (non-hydrogen) atoms. The van der Waals surface area contributed by atoms with Crippen molar-refractivity contribution in [2.75, 3.05) is 20.3 Å². The van der Waals surface area contributed by atoms with E-state index < -0.39 is 0 Å². The Hall–Kier alpha value is -0.840. The van der Waals surface area contributed by atoms with Crippen molar-refractivity contribution in [2.24, 2.45) is 0 Å². The molecule has 74 valence electrons. The van der Waals surface area contributed by atoms with Crippen molar-refractivity contribution in [3.05, 3.63) is 23.7 Å². The van der Waals surface area contributed by atoms with Gasteiger partial charge in [0.2, 0.25) is 0 Å². The summed E-state index contributed by atoms with van der Waals surface area (Å²) in [7, 11) is 1.67. The number of aliphatic hydroxyl groups is 1. The summed E-state index contributed by atoms with van der Waals surface area (Å²) in [5, 5.41) is 11.9. The number of nitrogens with one attached hydrogen (secondary N) is 1. The zero-order chi connectivity index (χ0) is 9.52. The van der Waals surface area contributed by atoms with E-state index >= 15 is 0 Å². The molecule has 0 radical (unpaired) electrons. The first-order valence-corrected chi connectivity index (χ1v) is 4.25. The molecule has 4 heteroatoms. The third-order valence-corrected chi connectivity index (χ3v) is 1.66. The van der Waals surface area contributed by atoms with Gasteiger partial charge in [-0.15, -0.1) is 0 Å². The number of hydrogen-bond donors (Lipinski definition) is 2. The minimum atomic E-state index is -0.0436. The summed E-state index contributed by atoms with van der Waals surface area (Å²) in [4.78, 5) is 0. The summed E-state index contributed by atoms with van der Waals surface area (Å²) in [5.74, 6) is 1.43. The summed E-state index contributed by atoms with van der Waals surface area (Å²) in [6, 6.07) is 3.62. The van der Waals surface area contributed by atoms with Crippen LogP contribution in [0.1, 0.15) is 11.5 Å². The molecule has 2 N–H and O–H groups in total. The highest BCUT2D eigenvalue weighted by Crippen LogP contribution is 2.06. The maximum absolute atomic E-state index is 8.73.